The van der Waals surface area contributed by atoms with Crippen LogP contribution in [0.4, 0.5) is 5.69 Å². The molecule has 0 saturated carbocycles. The van der Waals surface area contributed by atoms with Gasteiger partial charge in [-0.05, 0) is 18.6 Å². The van der Waals surface area contributed by atoms with Crippen molar-refractivity contribution in [3.8, 4) is 11.9 Å². The second kappa shape index (κ2) is 10.1. The summed E-state index contributed by atoms with van der Waals surface area (Å²) in [4.78, 5) is 15.4. The van der Waals surface area contributed by atoms with Gasteiger partial charge in [-0.3, -0.25) is 15.4 Å². The minimum atomic E-state index is -1.37. The van der Waals surface area contributed by atoms with E-state index in [2.05, 4.69) is 15.6 Å². The number of nitrogens with zero attached hydrogens (tertiary/aromatic N) is 3. The zero-order valence-electron chi connectivity index (χ0n) is 20.3. The summed E-state index contributed by atoms with van der Waals surface area (Å²) in [6, 6.07) is 12.7. The summed E-state index contributed by atoms with van der Waals surface area (Å²) >= 11 is 0. The van der Waals surface area contributed by atoms with E-state index < -0.39 is 29.0 Å². The molecule has 0 radical (unpaired) electrons. The maximum absolute atomic E-state index is 11.6. The average molecular weight is 496 g/mol. The fourth-order valence-corrected chi connectivity index (χ4v) is 4.23. The Morgan fingerprint density at radius 1 is 1.22 bits per heavy atom. The third-order valence-electron chi connectivity index (χ3n) is 6.22. The summed E-state index contributed by atoms with van der Waals surface area (Å²) in [7, 11) is 0. The van der Waals surface area contributed by atoms with Gasteiger partial charge in [-0.15, -0.1) is 0 Å². The van der Waals surface area contributed by atoms with Crippen molar-refractivity contribution in [2.75, 3.05) is 13.2 Å². The van der Waals surface area contributed by atoms with Crippen LogP contribution in [0, 0.1) is 27.0 Å². The molecule has 11 nitrogen and oxygen atoms in total. The molecule has 2 aromatic carbocycles. The lowest BCUT2D eigenvalue weighted by Gasteiger charge is -2.49. The number of rotatable bonds is 5. The molecule has 2 aliphatic heterocycles. The van der Waals surface area contributed by atoms with Crippen LogP contribution in [0.15, 0.2) is 53.5 Å². The highest BCUT2D eigenvalue weighted by molar-refractivity contribution is 5.82. The molecule has 36 heavy (non-hydrogen) atoms. The van der Waals surface area contributed by atoms with Gasteiger partial charge in [0.2, 0.25) is 5.96 Å². The van der Waals surface area contributed by atoms with Crippen LogP contribution in [0.5, 0.6) is 5.75 Å². The van der Waals surface area contributed by atoms with Gasteiger partial charge in [0.05, 0.1) is 30.7 Å². The van der Waals surface area contributed by atoms with E-state index in [0.29, 0.717) is 24.5 Å². The van der Waals surface area contributed by atoms with Crippen LogP contribution < -0.4 is 15.4 Å². The summed E-state index contributed by atoms with van der Waals surface area (Å²) in [6.07, 6.45) is -0.351. The van der Waals surface area contributed by atoms with Crippen molar-refractivity contribution >= 4 is 11.6 Å². The van der Waals surface area contributed by atoms with Crippen molar-refractivity contribution in [3.63, 3.8) is 0 Å². The molecule has 2 aromatic rings. The highest BCUT2D eigenvalue weighted by atomic mass is 16.7. The van der Waals surface area contributed by atoms with Gasteiger partial charge in [0.1, 0.15) is 11.9 Å². The van der Waals surface area contributed by atoms with Crippen molar-refractivity contribution in [2.24, 2.45) is 10.4 Å². The molecule has 1 fully saturated rings. The number of ether oxygens (including phenoxy) is 3. The van der Waals surface area contributed by atoms with E-state index in [9.17, 15) is 20.5 Å². The number of aliphatic hydroxyl groups is 1. The number of nitro groups is 1. The van der Waals surface area contributed by atoms with Gasteiger partial charge in [-0.2, -0.15) is 5.26 Å². The third-order valence-corrected chi connectivity index (χ3v) is 6.22. The molecule has 3 atom stereocenters. The zero-order valence-corrected chi connectivity index (χ0v) is 20.3. The highest BCUT2D eigenvalue weighted by Crippen LogP contribution is 2.45. The first kappa shape index (κ1) is 25.4. The normalized spacial score (nSPS) is 25.7. The van der Waals surface area contributed by atoms with Crippen LogP contribution in [-0.4, -0.2) is 47.2 Å². The molecule has 0 aromatic heterocycles. The molecule has 1 saturated heterocycles. The molecule has 0 amide bonds. The van der Waals surface area contributed by atoms with Gasteiger partial charge >= 0.3 is 0 Å². The van der Waals surface area contributed by atoms with E-state index in [1.807, 2.05) is 50.4 Å². The Hall–Kier alpha value is -3.72. The van der Waals surface area contributed by atoms with Crippen LogP contribution in [0.3, 0.4) is 0 Å². The van der Waals surface area contributed by atoms with E-state index in [1.165, 1.54) is 18.2 Å². The van der Waals surface area contributed by atoms with Gasteiger partial charge in [0.15, 0.2) is 18.1 Å². The number of fused-ring (bicyclic) bond motifs is 1. The van der Waals surface area contributed by atoms with Crippen molar-refractivity contribution < 1.29 is 24.2 Å². The SMILES string of the molecule is CC1(C)COC([C@@]2(C)Oc3ccc([N+](=O)[O-])cc3[C@@H](NC(=NCc3ccccc3)NC#N)[C@@H]2O)OC1. The van der Waals surface area contributed by atoms with E-state index in [0.717, 1.165) is 5.56 Å². The Morgan fingerprint density at radius 2 is 1.92 bits per heavy atom. The fraction of sp³-hybridized carbons (Fsp3) is 0.440. The molecule has 11 heteroatoms. The maximum atomic E-state index is 11.6. The first-order valence-corrected chi connectivity index (χ1v) is 11.5. The van der Waals surface area contributed by atoms with Crippen LogP contribution in [-0.2, 0) is 16.0 Å². The molecule has 190 valence electrons. The van der Waals surface area contributed by atoms with Crippen molar-refractivity contribution in [1.82, 2.24) is 10.6 Å². The predicted octanol–water partition coefficient (Wildman–Crippen LogP) is 2.76. The van der Waals surface area contributed by atoms with Crippen molar-refractivity contribution in [1.29, 1.82) is 5.26 Å². The lowest BCUT2D eigenvalue weighted by molar-refractivity contribution is -0.385. The van der Waals surface area contributed by atoms with E-state index in [1.54, 1.807) is 6.92 Å². The Labute approximate surface area is 208 Å². The van der Waals surface area contributed by atoms with E-state index in [4.69, 9.17) is 14.2 Å². The number of hydrogen-bond acceptors (Lipinski definition) is 8. The molecule has 4 rings (SSSR count). The van der Waals surface area contributed by atoms with Gasteiger partial charge < -0.3 is 24.6 Å². The number of aliphatic hydroxyl groups excluding tert-OH is 1. The molecule has 0 spiro atoms. The Morgan fingerprint density at radius 3 is 2.56 bits per heavy atom. The second-order valence-corrected chi connectivity index (χ2v) is 9.84. The number of aliphatic imine (C=N–C) groups is 1. The number of hydrogen-bond donors (Lipinski definition) is 3. The van der Waals surface area contributed by atoms with Gasteiger partial charge in [-0.25, -0.2) is 4.99 Å². The number of benzene rings is 2. The fourth-order valence-electron chi connectivity index (χ4n) is 4.23. The molecule has 0 aliphatic carbocycles. The van der Waals surface area contributed by atoms with Crippen LogP contribution in [0.2, 0.25) is 0 Å². The Balaban J connectivity index is 1.69. The minimum absolute atomic E-state index is 0.0960. The minimum Gasteiger partial charge on any atom is -0.479 e. The predicted molar refractivity (Wildman–Crippen MR) is 130 cm³/mol. The Bertz CT molecular complexity index is 1170. The molecular formula is C25H29N5O6. The summed E-state index contributed by atoms with van der Waals surface area (Å²) < 4.78 is 18.1. The van der Waals surface area contributed by atoms with E-state index in [-0.39, 0.29) is 23.6 Å². The summed E-state index contributed by atoms with van der Waals surface area (Å²) in [5, 5.41) is 37.9. The first-order chi connectivity index (χ1) is 17.1. The van der Waals surface area contributed by atoms with Gasteiger partial charge in [0, 0.05) is 23.1 Å². The molecule has 0 bridgehead atoms. The summed E-state index contributed by atoms with van der Waals surface area (Å²) in [5.41, 5.74) is -0.470. The Kier molecular flexibility index (Phi) is 7.12. The third kappa shape index (κ3) is 5.26. The van der Waals surface area contributed by atoms with Crippen LogP contribution >= 0.6 is 0 Å². The van der Waals surface area contributed by atoms with Gasteiger partial charge in [0.25, 0.3) is 5.69 Å². The van der Waals surface area contributed by atoms with Crippen LogP contribution in [0.25, 0.3) is 0 Å². The smallest absolute Gasteiger partial charge is 0.270 e. The monoisotopic (exact) mass is 495 g/mol. The first-order valence-electron chi connectivity index (χ1n) is 11.5. The lowest BCUT2D eigenvalue weighted by atomic mass is 9.83. The number of nitro benzene ring substituents is 1. The second-order valence-electron chi connectivity index (χ2n) is 9.84. The number of non-ortho nitro benzene ring substituents is 1. The van der Waals surface area contributed by atoms with Crippen LogP contribution in [0.1, 0.15) is 37.9 Å². The summed E-state index contributed by atoms with van der Waals surface area (Å²) in [5.74, 6) is 0.418. The molecule has 2 heterocycles. The largest absolute Gasteiger partial charge is 0.479 e. The molecule has 0 unspecified atom stereocenters. The quantitative estimate of drug-likeness (QED) is 0.142. The maximum Gasteiger partial charge on any atom is 0.270 e. The molecular weight excluding hydrogens is 466 g/mol. The summed E-state index contributed by atoms with van der Waals surface area (Å²) in [6.45, 7) is 6.73. The highest BCUT2D eigenvalue weighted by Gasteiger charge is 2.54. The zero-order chi connectivity index (χ0) is 25.9. The number of guanidine groups is 1. The van der Waals surface area contributed by atoms with Gasteiger partial charge in [-0.1, -0.05) is 44.2 Å². The lowest BCUT2D eigenvalue weighted by Crippen LogP contribution is -2.64. The van der Waals surface area contributed by atoms with E-state index >= 15 is 0 Å². The molecule has 3 N–H and O–H groups in total. The van der Waals surface area contributed by atoms with Crippen molar-refractivity contribution in [2.45, 2.75) is 51.4 Å². The van der Waals surface area contributed by atoms with Crippen molar-refractivity contribution in [3.05, 3.63) is 69.8 Å². The average Bonchev–Trinajstić information content (AvgIpc) is 2.85. The topological polar surface area (TPSA) is 151 Å². The number of nitrogens with one attached hydrogen (secondary N) is 2. The number of nitriles is 1. The molecule has 2 aliphatic rings. The standard InChI is InChI=1S/C25H29N5O6/c1-24(2)13-34-22(35-14-24)25(3)21(31)20(18-11-17(30(32)33)9-10-19(18)36-25)29-23(28-15-26)27-12-16-7-5-4-6-8-16/h4-11,20-22,31H,12-14H2,1-3H3,(H2,27,28,29)/t20-,21+,25+/m1/s1.